The second kappa shape index (κ2) is 10.0. The lowest BCUT2D eigenvalue weighted by molar-refractivity contribution is -0.148. The minimum Gasteiger partial charge on any atom is -0.449 e. The SMILES string of the molecule is C[C@H](OC(=O)/C=C/c1cnn(Cc2ccccc2)c1)C(=O)Nc1ccc(C(N)=O)cc1. The molecule has 0 fully saturated rings. The van der Waals surface area contributed by atoms with E-state index in [9.17, 15) is 14.4 Å². The molecule has 158 valence electrons. The van der Waals surface area contributed by atoms with Gasteiger partial charge in [0.1, 0.15) is 0 Å². The van der Waals surface area contributed by atoms with Crippen molar-refractivity contribution in [2.45, 2.75) is 19.6 Å². The van der Waals surface area contributed by atoms with E-state index in [0.717, 1.165) is 11.1 Å². The first-order valence-corrected chi connectivity index (χ1v) is 9.56. The van der Waals surface area contributed by atoms with Gasteiger partial charge in [0.15, 0.2) is 6.10 Å². The van der Waals surface area contributed by atoms with Gasteiger partial charge in [0.25, 0.3) is 5.91 Å². The molecule has 0 aliphatic rings. The number of carbonyl (C=O) groups is 3. The third-order valence-electron chi connectivity index (χ3n) is 4.35. The van der Waals surface area contributed by atoms with Crippen LogP contribution in [-0.2, 0) is 20.9 Å². The molecule has 0 spiro atoms. The zero-order valence-corrected chi connectivity index (χ0v) is 16.9. The van der Waals surface area contributed by atoms with Gasteiger partial charge in [-0.3, -0.25) is 14.3 Å². The van der Waals surface area contributed by atoms with Crippen LogP contribution in [0, 0.1) is 0 Å². The molecule has 3 aromatic rings. The van der Waals surface area contributed by atoms with Crippen molar-refractivity contribution in [3.05, 3.63) is 89.8 Å². The van der Waals surface area contributed by atoms with E-state index < -0.39 is 23.9 Å². The van der Waals surface area contributed by atoms with E-state index in [2.05, 4.69) is 10.4 Å². The molecule has 0 aliphatic carbocycles. The monoisotopic (exact) mass is 418 g/mol. The zero-order valence-electron chi connectivity index (χ0n) is 16.9. The second-order valence-corrected chi connectivity index (χ2v) is 6.80. The molecule has 31 heavy (non-hydrogen) atoms. The van der Waals surface area contributed by atoms with E-state index >= 15 is 0 Å². The number of hydrogen-bond donors (Lipinski definition) is 2. The molecule has 1 heterocycles. The molecule has 2 amide bonds. The van der Waals surface area contributed by atoms with Crippen LogP contribution < -0.4 is 11.1 Å². The highest BCUT2D eigenvalue weighted by Gasteiger charge is 2.17. The van der Waals surface area contributed by atoms with Gasteiger partial charge in [-0.15, -0.1) is 0 Å². The van der Waals surface area contributed by atoms with Gasteiger partial charge in [0, 0.05) is 29.1 Å². The molecule has 0 bridgehead atoms. The summed E-state index contributed by atoms with van der Waals surface area (Å²) < 4.78 is 6.90. The van der Waals surface area contributed by atoms with E-state index in [1.54, 1.807) is 29.1 Å². The lowest BCUT2D eigenvalue weighted by Gasteiger charge is -2.12. The third kappa shape index (κ3) is 6.40. The molecular formula is C23H22N4O4. The van der Waals surface area contributed by atoms with Crippen molar-refractivity contribution in [2.24, 2.45) is 5.73 Å². The average molecular weight is 418 g/mol. The highest BCUT2D eigenvalue weighted by Crippen LogP contribution is 2.11. The molecule has 8 nitrogen and oxygen atoms in total. The van der Waals surface area contributed by atoms with E-state index in [-0.39, 0.29) is 0 Å². The van der Waals surface area contributed by atoms with Gasteiger partial charge in [-0.25, -0.2) is 4.79 Å². The molecule has 1 atom stereocenters. The van der Waals surface area contributed by atoms with Crippen molar-refractivity contribution in [1.82, 2.24) is 9.78 Å². The molecule has 0 unspecified atom stereocenters. The fourth-order valence-corrected chi connectivity index (χ4v) is 2.72. The standard InChI is InChI=1S/C23H22N4O4/c1-16(23(30)26-20-10-8-19(9-11-20)22(24)29)31-21(28)12-7-18-13-25-27(15-18)14-17-5-3-2-4-6-17/h2-13,15-16H,14H2,1H3,(H2,24,29)(H,26,30)/b12-7+/t16-/m0/s1. The van der Waals surface area contributed by atoms with E-state index in [1.165, 1.54) is 25.1 Å². The summed E-state index contributed by atoms with van der Waals surface area (Å²) in [4.78, 5) is 35.3. The topological polar surface area (TPSA) is 116 Å². The number of amides is 2. The fraction of sp³-hybridized carbons (Fsp3) is 0.130. The van der Waals surface area contributed by atoms with Gasteiger partial charge in [-0.05, 0) is 42.8 Å². The molecule has 0 saturated heterocycles. The maximum Gasteiger partial charge on any atom is 0.331 e. The maximum absolute atomic E-state index is 12.2. The fourth-order valence-electron chi connectivity index (χ4n) is 2.72. The van der Waals surface area contributed by atoms with Gasteiger partial charge in [-0.1, -0.05) is 30.3 Å². The Labute approximate surface area is 179 Å². The number of esters is 1. The second-order valence-electron chi connectivity index (χ2n) is 6.80. The van der Waals surface area contributed by atoms with Crippen LogP contribution in [0.1, 0.15) is 28.4 Å². The largest absolute Gasteiger partial charge is 0.449 e. The first-order valence-electron chi connectivity index (χ1n) is 9.56. The van der Waals surface area contributed by atoms with Gasteiger partial charge in [0.05, 0.1) is 12.7 Å². The minimum atomic E-state index is -1.01. The van der Waals surface area contributed by atoms with Gasteiger partial charge < -0.3 is 15.8 Å². The number of ether oxygens (including phenoxy) is 1. The number of nitrogens with two attached hydrogens (primary N) is 1. The predicted octanol–water partition coefficient (Wildman–Crippen LogP) is 2.61. The van der Waals surface area contributed by atoms with Crippen molar-refractivity contribution >= 4 is 29.5 Å². The van der Waals surface area contributed by atoms with Gasteiger partial charge in [-0.2, -0.15) is 5.10 Å². The molecule has 3 rings (SSSR count). The first kappa shape index (κ1) is 21.5. The normalized spacial score (nSPS) is 11.8. The lowest BCUT2D eigenvalue weighted by Crippen LogP contribution is -2.29. The van der Waals surface area contributed by atoms with Gasteiger partial charge in [0.2, 0.25) is 5.91 Å². The molecule has 3 N–H and O–H groups in total. The Morgan fingerprint density at radius 3 is 2.52 bits per heavy atom. The van der Waals surface area contributed by atoms with Crippen molar-refractivity contribution in [3.63, 3.8) is 0 Å². The summed E-state index contributed by atoms with van der Waals surface area (Å²) in [5.41, 5.74) is 7.82. The van der Waals surface area contributed by atoms with E-state index in [1.807, 2.05) is 36.5 Å². The smallest absolute Gasteiger partial charge is 0.331 e. The number of nitrogens with one attached hydrogen (secondary N) is 1. The summed E-state index contributed by atoms with van der Waals surface area (Å²) in [6.07, 6.45) is 5.26. The van der Waals surface area contributed by atoms with Crippen LogP contribution in [0.2, 0.25) is 0 Å². The summed E-state index contributed by atoms with van der Waals surface area (Å²) in [7, 11) is 0. The number of anilines is 1. The van der Waals surface area contributed by atoms with E-state index in [0.29, 0.717) is 17.8 Å². The Morgan fingerprint density at radius 1 is 1.13 bits per heavy atom. The van der Waals surface area contributed by atoms with Gasteiger partial charge >= 0.3 is 5.97 Å². The number of benzene rings is 2. The Bertz CT molecular complexity index is 1090. The predicted molar refractivity (Wildman–Crippen MR) is 116 cm³/mol. The summed E-state index contributed by atoms with van der Waals surface area (Å²) in [6, 6.07) is 16.0. The summed E-state index contributed by atoms with van der Waals surface area (Å²) in [5.74, 6) is -1.70. The number of nitrogens with zero attached hydrogens (tertiary/aromatic N) is 2. The van der Waals surface area contributed by atoms with E-state index in [4.69, 9.17) is 10.5 Å². The quantitative estimate of drug-likeness (QED) is 0.431. The number of hydrogen-bond acceptors (Lipinski definition) is 5. The van der Waals surface area contributed by atoms with Crippen molar-refractivity contribution in [1.29, 1.82) is 0 Å². The van der Waals surface area contributed by atoms with Crippen LogP contribution in [0.4, 0.5) is 5.69 Å². The zero-order chi connectivity index (χ0) is 22.2. The minimum absolute atomic E-state index is 0.328. The highest BCUT2D eigenvalue weighted by atomic mass is 16.5. The molecule has 8 heteroatoms. The Balaban J connectivity index is 1.49. The first-order chi connectivity index (χ1) is 14.9. The van der Waals surface area contributed by atoms with Crippen LogP contribution in [0.3, 0.4) is 0 Å². The van der Waals surface area contributed by atoms with Crippen LogP contribution >= 0.6 is 0 Å². The summed E-state index contributed by atoms with van der Waals surface area (Å²) in [5, 5.41) is 6.87. The van der Waals surface area contributed by atoms with Crippen LogP contribution in [0.5, 0.6) is 0 Å². The summed E-state index contributed by atoms with van der Waals surface area (Å²) >= 11 is 0. The molecule has 0 saturated carbocycles. The number of primary amides is 1. The lowest BCUT2D eigenvalue weighted by atomic mass is 10.2. The third-order valence-corrected chi connectivity index (χ3v) is 4.35. The molecule has 2 aromatic carbocycles. The van der Waals surface area contributed by atoms with Crippen LogP contribution in [0.25, 0.3) is 6.08 Å². The summed E-state index contributed by atoms with van der Waals surface area (Å²) in [6.45, 7) is 2.09. The maximum atomic E-state index is 12.2. The molecule has 0 radical (unpaired) electrons. The Morgan fingerprint density at radius 2 is 1.84 bits per heavy atom. The number of aromatic nitrogens is 2. The number of carbonyl (C=O) groups excluding carboxylic acids is 3. The molecular weight excluding hydrogens is 396 g/mol. The molecule has 0 aliphatic heterocycles. The Hall–Kier alpha value is -4.20. The average Bonchev–Trinajstić information content (AvgIpc) is 3.20. The van der Waals surface area contributed by atoms with Crippen molar-refractivity contribution < 1.29 is 19.1 Å². The molecule has 1 aromatic heterocycles. The van der Waals surface area contributed by atoms with Crippen molar-refractivity contribution in [3.8, 4) is 0 Å². The van der Waals surface area contributed by atoms with Crippen molar-refractivity contribution in [2.75, 3.05) is 5.32 Å². The Kier molecular flexibility index (Phi) is 6.95. The van der Waals surface area contributed by atoms with Crippen LogP contribution in [0.15, 0.2) is 73.1 Å². The highest BCUT2D eigenvalue weighted by molar-refractivity contribution is 5.97. The number of rotatable bonds is 8. The van der Waals surface area contributed by atoms with Crippen LogP contribution in [-0.4, -0.2) is 33.7 Å².